The van der Waals surface area contributed by atoms with E-state index in [-0.39, 0.29) is 5.69 Å². The van der Waals surface area contributed by atoms with Crippen LogP contribution in [0.2, 0.25) is 5.02 Å². The summed E-state index contributed by atoms with van der Waals surface area (Å²) in [6.45, 7) is 4.61. The van der Waals surface area contributed by atoms with Crippen LogP contribution in [0.1, 0.15) is 5.56 Å². The first-order valence-electron chi connectivity index (χ1n) is 9.14. The molecule has 0 spiro atoms. The molecule has 1 saturated heterocycles. The molecule has 28 heavy (non-hydrogen) atoms. The molecule has 0 radical (unpaired) electrons. The van der Waals surface area contributed by atoms with Crippen molar-refractivity contribution in [2.75, 3.05) is 32.8 Å². The highest BCUT2D eigenvalue weighted by atomic mass is 79.9. The number of aromatic amines is 1. The first-order valence-corrected chi connectivity index (χ1v) is 10.3. The monoisotopic (exact) mass is 462 g/mol. The Morgan fingerprint density at radius 3 is 2.64 bits per heavy atom. The fourth-order valence-electron chi connectivity index (χ4n) is 3.22. The van der Waals surface area contributed by atoms with Crippen LogP contribution in [0, 0.1) is 0 Å². The number of benzene rings is 2. The van der Waals surface area contributed by atoms with Gasteiger partial charge in [-0.15, -0.1) is 5.10 Å². The molecule has 2 aromatic carbocycles. The van der Waals surface area contributed by atoms with Crippen LogP contribution in [0.25, 0.3) is 17.1 Å². The minimum absolute atomic E-state index is 0.289. The van der Waals surface area contributed by atoms with Crippen molar-refractivity contribution < 1.29 is 4.74 Å². The molecule has 4 rings (SSSR count). The minimum atomic E-state index is -0.289. The highest BCUT2D eigenvalue weighted by molar-refractivity contribution is 9.10. The predicted octanol–water partition coefficient (Wildman–Crippen LogP) is 3.52. The van der Waals surface area contributed by atoms with Crippen LogP contribution in [0.3, 0.4) is 0 Å². The van der Waals surface area contributed by atoms with E-state index < -0.39 is 0 Å². The van der Waals surface area contributed by atoms with Gasteiger partial charge in [0.1, 0.15) is 0 Å². The van der Waals surface area contributed by atoms with Crippen LogP contribution in [0.4, 0.5) is 0 Å². The average molecular weight is 464 g/mol. The summed E-state index contributed by atoms with van der Waals surface area (Å²) in [5.74, 6) is 0.468. The van der Waals surface area contributed by atoms with Crippen LogP contribution >= 0.6 is 27.5 Å². The van der Waals surface area contributed by atoms with Gasteiger partial charge in [-0.1, -0.05) is 39.7 Å². The third-order valence-corrected chi connectivity index (χ3v) is 5.73. The van der Waals surface area contributed by atoms with Gasteiger partial charge in [0.2, 0.25) is 0 Å². The molecule has 146 valence electrons. The SMILES string of the molecule is O=c1[nH]c(-c2cc(Cl)ccc2Br)nn1-c1ccc(CCN2CCOCC2)cc1. The van der Waals surface area contributed by atoms with Crippen molar-refractivity contribution in [1.82, 2.24) is 19.7 Å². The van der Waals surface area contributed by atoms with Gasteiger partial charge in [0.05, 0.1) is 18.9 Å². The van der Waals surface area contributed by atoms with Gasteiger partial charge < -0.3 is 4.74 Å². The number of H-pyrrole nitrogens is 1. The van der Waals surface area contributed by atoms with Gasteiger partial charge in [-0.05, 0) is 42.3 Å². The lowest BCUT2D eigenvalue weighted by atomic mass is 10.1. The summed E-state index contributed by atoms with van der Waals surface area (Å²) in [5, 5.41) is 5.02. The second kappa shape index (κ2) is 8.61. The van der Waals surface area contributed by atoms with Gasteiger partial charge in [0.25, 0.3) is 0 Å². The van der Waals surface area contributed by atoms with Crippen LogP contribution in [-0.4, -0.2) is 52.5 Å². The van der Waals surface area contributed by atoms with E-state index in [0.717, 1.165) is 55.0 Å². The summed E-state index contributed by atoms with van der Waals surface area (Å²) in [6, 6.07) is 13.3. The van der Waals surface area contributed by atoms with E-state index in [1.807, 2.05) is 30.3 Å². The lowest BCUT2D eigenvalue weighted by Gasteiger charge is -2.26. The first kappa shape index (κ1) is 19.4. The molecule has 0 bridgehead atoms. The number of hydrogen-bond donors (Lipinski definition) is 1. The maximum atomic E-state index is 12.4. The van der Waals surface area contributed by atoms with Crippen molar-refractivity contribution in [3.05, 3.63) is 68.0 Å². The normalized spacial score (nSPS) is 15.1. The fourth-order valence-corrected chi connectivity index (χ4v) is 3.82. The van der Waals surface area contributed by atoms with Gasteiger partial charge in [0.15, 0.2) is 5.82 Å². The number of aromatic nitrogens is 3. The van der Waals surface area contributed by atoms with Gasteiger partial charge in [-0.2, -0.15) is 4.68 Å². The zero-order valence-corrected chi connectivity index (χ0v) is 17.5. The summed E-state index contributed by atoms with van der Waals surface area (Å²) >= 11 is 9.55. The van der Waals surface area contributed by atoms with Crippen molar-refractivity contribution in [3.63, 3.8) is 0 Å². The molecule has 1 aliphatic rings. The maximum Gasteiger partial charge on any atom is 0.348 e. The summed E-state index contributed by atoms with van der Waals surface area (Å²) < 4.78 is 7.57. The number of nitrogens with one attached hydrogen (secondary N) is 1. The van der Waals surface area contributed by atoms with E-state index in [1.165, 1.54) is 10.2 Å². The molecule has 8 heteroatoms. The van der Waals surface area contributed by atoms with E-state index >= 15 is 0 Å². The number of ether oxygens (including phenoxy) is 1. The average Bonchev–Trinajstić information content (AvgIpc) is 3.11. The van der Waals surface area contributed by atoms with Gasteiger partial charge in [0, 0.05) is 34.7 Å². The van der Waals surface area contributed by atoms with Crippen molar-refractivity contribution in [2.45, 2.75) is 6.42 Å². The Morgan fingerprint density at radius 1 is 1.14 bits per heavy atom. The maximum absolute atomic E-state index is 12.4. The zero-order valence-electron chi connectivity index (χ0n) is 15.2. The van der Waals surface area contributed by atoms with E-state index in [9.17, 15) is 4.79 Å². The van der Waals surface area contributed by atoms with Crippen LogP contribution < -0.4 is 5.69 Å². The Morgan fingerprint density at radius 2 is 1.89 bits per heavy atom. The molecule has 0 unspecified atom stereocenters. The molecule has 0 atom stereocenters. The number of halogens is 2. The first-order chi connectivity index (χ1) is 13.6. The molecule has 1 aromatic heterocycles. The lowest BCUT2D eigenvalue weighted by Crippen LogP contribution is -2.37. The second-order valence-electron chi connectivity index (χ2n) is 6.69. The van der Waals surface area contributed by atoms with Crippen molar-refractivity contribution in [1.29, 1.82) is 0 Å². The van der Waals surface area contributed by atoms with Crippen molar-refractivity contribution >= 4 is 27.5 Å². The van der Waals surface area contributed by atoms with E-state index in [1.54, 1.807) is 12.1 Å². The number of rotatable bonds is 5. The minimum Gasteiger partial charge on any atom is -0.379 e. The molecule has 6 nitrogen and oxygen atoms in total. The number of nitrogens with zero attached hydrogens (tertiary/aromatic N) is 3. The standard InChI is InChI=1S/C20H20BrClN4O2/c21-18-6-3-15(22)13-17(18)19-23-20(27)26(24-19)16-4-1-14(2-5-16)7-8-25-9-11-28-12-10-25/h1-6,13H,7-12H2,(H,23,24,27). The summed E-state index contributed by atoms with van der Waals surface area (Å²) in [7, 11) is 0. The molecule has 0 saturated carbocycles. The summed E-state index contributed by atoms with van der Waals surface area (Å²) in [6.07, 6.45) is 0.969. The predicted molar refractivity (Wildman–Crippen MR) is 113 cm³/mol. The fraction of sp³-hybridized carbons (Fsp3) is 0.300. The summed E-state index contributed by atoms with van der Waals surface area (Å²) in [4.78, 5) is 17.6. The Kier molecular flexibility index (Phi) is 5.96. The molecule has 1 fully saturated rings. The highest BCUT2D eigenvalue weighted by Gasteiger charge is 2.13. The van der Waals surface area contributed by atoms with E-state index in [4.69, 9.17) is 16.3 Å². The lowest BCUT2D eigenvalue weighted by molar-refractivity contribution is 0.0384. The molecule has 0 aliphatic carbocycles. The van der Waals surface area contributed by atoms with Crippen molar-refractivity contribution in [3.8, 4) is 17.1 Å². The summed E-state index contributed by atoms with van der Waals surface area (Å²) in [5.41, 5.74) is 2.41. The Hall–Kier alpha value is -1.93. The molecule has 1 aliphatic heterocycles. The topological polar surface area (TPSA) is 63.2 Å². The van der Waals surface area contributed by atoms with E-state index in [2.05, 4.69) is 30.9 Å². The molecule has 3 aromatic rings. The molecule has 1 N–H and O–H groups in total. The largest absolute Gasteiger partial charge is 0.379 e. The second-order valence-corrected chi connectivity index (χ2v) is 7.98. The third kappa shape index (κ3) is 4.38. The van der Waals surface area contributed by atoms with Crippen LogP contribution in [0.15, 0.2) is 51.7 Å². The highest BCUT2D eigenvalue weighted by Crippen LogP contribution is 2.28. The zero-order chi connectivity index (χ0) is 19.5. The quantitative estimate of drug-likeness (QED) is 0.629. The van der Waals surface area contributed by atoms with Gasteiger partial charge in [-0.3, -0.25) is 9.88 Å². The Bertz CT molecular complexity index is 1010. The number of morpholine rings is 1. The van der Waals surface area contributed by atoms with E-state index in [0.29, 0.717) is 10.8 Å². The molecule has 2 heterocycles. The van der Waals surface area contributed by atoms with Gasteiger partial charge >= 0.3 is 5.69 Å². The number of hydrogen-bond acceptors (Lipinski definition) is 4. The Labute approximate surface area is 176 Å². The third-order valence-electron chi connectivity index (χ3n) is 4.80. The van der Waals surface area contributed by atoms with Crippen molar-refractivity contribution in [2.24, 2.45) is 0 Å². The van der Waals surface area contributed by atoms with Gasteiger partial charge in [-0.25, -0.2) is 4.79 Å². The molecular weight excluding hydrogens is 444 g/mol. The molecular formula is C20H20BrClN4O2. The van der Waals surface area contributed by atoms with Crippen LogP contribution in [-0.2, 0) is 11.2 Å². The Balaban J connectivity index is 1.50. The van der Waals surface area contributed by atoms with Crippen LogP contribution in [0.5, 0.6) is 0 Å². The smallest absolute Gasteiger partial charge is 0.348 e. The molecule has 0 amide bonds.